The van der Waals surface area contributed by atoms with Crippen LogP contribution in [0.1, 0.15) is 16.2 Å². The van der Waals surface area contributed by atoms with Gasteiger partial charge in [-0.1, -0.05) is 12.1 Å². The molecule has 0 fully saturated rings. The minimum absolute atomic E-state index is 0.0623. The number of para-hydroxylation sites is 1. The second-order valence-corrected chi connectivity index (χ2v) is 4.44. The molecule has 0 bridgehead atoms. The Bertz CT molecular complexity index is 698. The van der Waals surface area contributed by atoms with Gasteiger partial charge >= 0.3 is 0 Å². The van der Waals surface area contributed by atoms with Gasteiger partial charge in [-0.25, -0.2) is 18.7 Å². The quantitative estimate of drug-likeness (QED) is 0.834. The third kappa shape index (κ3) is 3.63. The van der Waals surface area contributed by atoms with Crippen LogP contribution in [0.25, 0.3) is 0 Å². The predicted molar refractivity (Wildman–Crippen MR) is 78.9 cm³/mol. The van der Waals surface area contributed by atoms with Crippen LogP contribution in [0.3, 0.4) is 0 Å². The van der Waals surface area contributed by atoms with Gasteiger partial charge in [0.2, 0.25) is 5.95 Å². The van der Waals surface area contributed by atoms with Crippen molar-refractivity contribution < 1.29 is 13.6 Å². The summed E-state index contributed by atoms with van der Waals surface area (Å²) in [5.41, 5.74) is 0.206. The summed E-state index contributed by atoms with van der Waals surface area (Å²) in [6, 6.07) is 4.94. The highest BCUT2D eigenvalue weighted by Crippen LogP contribution is 2.21. The number of hydrogen-bond donors (Lipinski definition) is 2. The molecule has 114 valence electrons. The predicted octanol–water partition coefficient (Wildman–Crippen LogP) is 2.72. The van der Waals surface area contributed by atoms with Crippen molar-refractivity contribution in [3.8, 4) is 0 Å². The Kier molecular flexibility index (Phi) is 4.77. The summed E-state index contributed by atoms with van der Waals surface area (Å²) in [4.78, 5) is 19.8. The average Bonchev–Trinajstić information content (AvgIpc) is 2.48. The Morgan fingerprint density at radius 3 is 2.64 bits per heavy atom. The summed E-state index contributed by atoms with van der Waals surface area (Å²) in [5, 5.41) is 5.03. The number of anilines is 2. The molecule has 0 aliphatic heterocycles. The number of aryl methyl sites for hydroxylation is 1. The van der Waals surface area contributed by atoms with Crippen LogP contribution in [-0.2, 0) is 0 Å². The van der Waals surface area contributed by atoms with Gasteiger partial charge in [0.25, 0.3) is 5.91 Å². The number of rotatable bonds is 5. The Balaban J connectivity index is 2.30. The summed E-state index contributed by atoms with van der Waals surface area (Å²) in [6.07, 6.45) is 1.53. The van der Waals surface area contributed by atoms with Crippen molar-refractivity contribution in [2.45, 2.75) is 6.92 Å². The zero-order valence-corrected chi connectivity index (χ0v) is 11.9. The molecule has 22 heavy (non-hydrogen) atoms. The third-order valence-corrected chi connectivity index (χ3v) is 2.69. The maximum atomic E-state index is 13.6. The van der Waals surface area contributed by atoms with Crippen molar-refractivity contribution >= 4 is 17.5 Å². The van der Waals surface area contributed by atoms with Gasteiger partial charge in [0.1, 0.15) is 23.0 Å². The van der Waals surface area contributed by atoms with Crippen molar-refractivity contribution in [3.63, 3.8) is 0 Å². The van der Waals surface area contributed by atoms with Crippen molar-refractivity contribution in [1.29, 1.82) is 0 Å². The molecule has 7 heteroatoms. The zero-order chi connectivity index (χ0) is 16.1. The number of carbonyl (C=O) groups is 1. The minimum Gasteiger partial charge on any atom is -0.347 e. The molecule has 2 aromatic rings. The first kappa shape index (κ1) is 15.6. The Labute approximate surface area is 126 Å². The van der Waals surface area contributed by atoms with Crippen LogP contribution in [0.2, 0.25) is 0 Å². The molecule has 0 aliphatic carbocycles. The molecule has 0 aliphatic rings. The molecule has 0 atom stereocenters. The maximum Gasteiger partial charge on any atom is 0.270 e. The lowest BCUT2D eigenvalue weighted by molar-refractivity contribution is 0.0953. The van der Waals surface area contributed by atoms with Gasteiger partial charge < -0.3 is 10.6 Å². The number of halogens is 2. The average molecular weight is 304 g/mol. The van der Waals surface area contributed by atoms with E-state index in [1.807, 2.05) is 0 Å². The first-order valence-electron chi connectivity index (χ1n) is 6.47. The van der Waals surface area contributed by atoms with Crippen LogP contribution in [0.15, 0.2) is 36.9 Å². The van der Waals surface area contributed by atoms with Crippen LogP contribution in [0.4, 0.5) is 20.4 Å². The zero-order valence-electron chi connectivity index (χ0n) is 11.9. The smallest absolute Gasteiger partial charge is 0.270 e. The molecule has 2 N–H and O–H groups in total. The fraction of sp³-hybridized carbons (Fsp3) is 0.133. The molecular formula is C15H14F2N4O. The van der Waals surface area contributed by atoms with Crippen LogP contribution in [-0.4, -0.2) is 22.4 Å². The van der Waals surface area contributed by atoms with Crippen molar-refractivity contribution in [1.82, 2.24) is 15.3 Å². The number of nitrogens with zero attached hydrogens (tertiary/aromatic N) is 2. The number of nitrogens with one attached hydrogen (secondary N) is 2. The second-order valence-electron chi connectivity index (χ2n) is 4.44. The van der Waals surface area contributed by atoms with Gasteiger partial charge in [-0.2, -0.15) is 0 Å². The molecule has 2 rings (SSSR count). The molecule has 5 nitrogen and oxygen atoms in total. The molecular weight excluding hydrogens is 290 g/mol. The number of benzene rings is 1. The van der Waals surface area contributed by atoms with Gasteiger partial charge in [0.05, 0.1) is 0 Å². The fourth-order valence-corrected chi connectivity index (χ4v) is 1.73. The molecule has 1 aromatic carbocycles. The topological polar surface area (TPSA) is 66.9 Å². The molecule has 1 aromatic heterocycles. The highest BCUT2D eigenvalue weighted by Gasteiger charge is 2.13. The summed E-state index contributed by atoms with van der Waals surface area (Å²) in [6.45, 7) is 5.43. The van der Waals surface area contributed by atoms with Crippen LogP contribution < -0.4 is 10.6 Å². The van der Waals surface area contributed by atoms with Crippen molar-refractivity contribution in [2.24, 2.45) is 0 Å². The van der Waals surface area contributed by atoms with E-state index in [0.29, 0.717) is 5.69 Å². The van der Waals surface area contributed by atoms with Crippen LogP contribution >= 0.6 is 0 Å². The number of amides is 1. The van der Waals surface area contributed by atoms with E-state index in [9.17, 15) is 13.6 Å². The summed E-state index contributed by atoms with van der Waals surface area (Å²) in [7, 11) is 0. The fourth-order valence-electron chi connectivity index (χ4n) is 1.73. The Morgan fingerprint density at radius 2 is 2.00 bits per heavy atom. The van der Waals surface area contributed by atoms with E-state index >= 15 is 0 Å². The monoisotopic (exact) mass is 304 g/mol. The van der Waals surface area contributed by atoms with Crippen LogP contribution in [0, 0.1) is 18.6 Å². The van der Waals surface area contributed by atoms with E-state index in [0.717, 1.165) is 12.1 Å². The van der Waals surface area contributed by atoms with Crippen LogP contribution in [0.5, 0.6) is 0 Å². The van der Waals surface area contributed by atoms with Gasteiger partial charge in [-0.3, -0.25) is 4.79 Å². The summed E-state index contributed by atoms with van der Waals surface area (Å²) >= 11 is 0. The van der Waals surface area contributed by atoms with E-state index < -0.39 is 17.5 Å². The largest absolute Gasteiger partial charge is 0.347 e. The van der Waals surface area contributed by atoms with E-state index in [1.165, 1.54) is 18.2 Å². The normalized spacial score (nSPS) is 10.1. The summed E-state index contributed by atoms with van der Waals surface area (Å²) < 4.78 is 27.2. The standard InChI is InChI=1S/C15H14F2N4O/c1-3-7-18-14(22)12-8-9(2)19-15(20-12)21-13-10(16)5-4-6-11(13)17/h3-6,8H,1,7H2,2H3,(H,18,22)(H,19,20,21). The van der Waals surface area contributed by atoms with Gasteiger partial charge in [-0.05, 0) is 25.1 Å². The second kappa shape index (κ2) is 6.75. The first-order valence-corrected chi connectivity index (χ1v) is 6.47. The van der Waals surface area contributed by atoms with Crippen molar-refractivity contribution in [2.75, 3.05) is 11.9 Å². The maximum absolute atomic E-state index is 13.6. The molecule has 0 spiro atoms. The molecule has 1 heterocycles. The minimum atomic E-state index is -0.775. The highest BCUT2D eigenvalue weighted by molar-refractivity contribution is 5.92. The Hall–Kier alpha value is -2.83. The lowest BCUT2D eigenvalue weighted by Gasteiger charge is -2.09. The third-order valence-electron chi connectivity index (χ3n) is 2.69. The highest BCUT2D eigenvalue weighted by atomic mass is 19.1. The van der Waals surface area contributed by atoms with Gasteiger partial charge in [0, 0.05) is 12.2 Å². The van der Waals surface area contributed by atoms with Gasteiger partial charge in [-0.15, -0.1) is 6.58 Å². The van der Waals surface area contributed by atoms with E-state index in [4.69, 9.17) is 0 Å². The number of aromatic nitrogens is 2. The van der Waals surface area contributed by atoms with Crippen molar-refractivity contribution in [3.05, 3.63) is 59.9 Å². The molecule has 0 unspecified atom stereocenters. The van der Waals surface area contributed by atoms with Gasteiger partial charge in [0.15, 0.2) is 0 Å². The molecule has 0 radical (unpaired) electrons. The lowest BCUT2D eigenvalue weighted by Crippen LogP contribution is -2.24. The molecule has 0 saturated carbocycles. The Morgan fingerprint density at radius 1 is 1.32 bits per heavy atom. The summed E-state index contributed by atoms with van der Waals surface area (Å²) in [5.74, 6) is -2.04. The number of carbonyl (C=O) groups excluding carboxylic acids is 1. The van der Waals surface area contributed by atoms with E-state index in [1.54, 1.807) is 6.92 Å². The first-order chi connectivity index (χ1) is 10.5. The molecule has 0 saturated heterocycles. The van der Waals surface area contributed by atoms with E-state index in [2.05, 4.69) is 27.2 Å². The van der Waals surface area contributed by atoms with E-state index in [-0.39, 0.29) is 23.9 Å². The lowest BCUT2D eigenvalue weighted by atomic mass is 10.3. The number of hydrogen-bond acceptors (Lipinski definition) is 4. The SMILES string of the molecule is C=CCNC(=O)c1cc(C)nc(Nc2c(F)cccc2F)n1. The molecule has 1 amide bonds.